The Bertz CT molecular complexity index is 514. The second kappa shape index (κ2) is 6.18. The highest BCUT2D eigenvalue weighted by Crippen LogP contribution is 2.20. The maximum absolute atomic E-state index is 11.8. The summed E-state index contributed by atoms with van der Waals surface area (Å²) in [6.07, 6.45) is 2.51. The summed E-state index contributed by atoms with van der Waals surface area (Å²) in [5.74, 6) is 0.415. The predicted octanol–water partition coefficient (Wildman–Crippen LogP) is 0.996. The molecule has 0 aromatic carbocycles. The van der Waals surface area contributed by atoms with Gasteiger partial charge in [0.1, 0.15) is 5.82 Å². The van der Waals surface area contributed by atoms with Crippen LogP contribution in [0.15, 0.2) is 12.1 Å². The summed E-state index contributed by atoms with van der Waals surface area (Å²) in [7, 11) is 0. The van der Waals surface area contributed by atoms with Crippen molar-refractivity contribution in [3.63, 3.8) is 0 Å². The third-order valence-electron chi connectivity index (χ3n) is 3.20. The van der Waals surface area contributed by atoms with Crippen LogP contribution >= 0.6 is 0 Å². The predicted molar refractivity (Wildman–Crippen MR) is 74.2 cm³/mol. The van der Waals surface area contributed by atoms with Crippen LogP contribution in [0.5, 0.6) is 0 Å². The summed E-state index contributed by atoms with van der Waals surface area (Å²) in [4.78, 5) is 27.6. The number of nitrogens with zero attached hydrogens (tertiary/aromatic N) is 3. The molecule has 0 bridgehead atoms. The molecule has 1 fully saturated rings. The average molecular weight is 279 g/mol. The summed E-state index contributed by atoms with van der Waals surface area (Å²) >= 11 is 0. The van der Waals surface area contributed by atoms with E-state index in [1.54, 1.807) is 0 Å². The Morgan fingerprint density at radius 1 is 1.45 bits per heavy atom. The van der Waals surface area contributed by atoms with E-state index in [-0.39, 0.29) is 17.4 Å². The molecular weight excluding hydrogens is 262 g/mol. The SMILES string of the molecule is Nc1nc(NCCC(=O)N2CCCC2)ccc1[N+](=O)[O-]. The lowest BCUT2D eigenvalue weighted by Gasteiger charge is -2.15. The van der Waals surface area contributed by atoms with Crippen LogP contribution in [-0.2, 0) is 4.79 Å². The highest BCUT2D eigenvalue weighted by atomic mass is 16.6. The van der Waals surface area contributed by atoms with Gasteiger partial charge < -0.3 is 16.0 Å². The van der Waals surface area contributed by atoms with E-state index in [0.29, 0.717) is 18.8 Å². The number of anilines is 2. The number of carbonyl (C=O) groups excluding carboxylic acids is 1. The topological polar surface area (TPSA) is 114 Å². The van der Waals surface area contributed by atoms with Gasteiger partial charge in [-0.05, 0) is 18.9 Å². The van der Waals surface area contributed by atoms with Crippen molar-refractivity contribution in [2.24, 2.45) is 0 Å². The third kappa shape index (κ3) is 3.34. The molecule has 1 aliphatic heterocycles. The van der Waals surface area contributed by atoms with Gasteiger partial charge in [-0.15, -0.1) is 0 Å². The molecule has 108 valence electrons. The number of hydrogen-bond acceptors (Lipinski definition) is 6. The van der Waals surface area contributed by atoms with Crippen molar-refractivity contribution in [2.45, 2.75) is 19.3 Å². The van der Waals surface area contributed by atoms with E-state index in [9.17, 15) is 14.9 Å². The molecule has 8 heteroatoms. The van der Waals surface area contributed by atoms with E-state index in [2.05, 4.69) is 10.3 Å². The molecule has 0 unspecified atom stereocenters. The number of hydrogen-bond donors (Lipinski definition) is 2. The largest absolute Gasteiger partial charge is 0.378 e. The first-order valence-corrected chi connectivity index (χ1v) is 6.50. The van der Waals surface area contributed by atoms with E-state index in [4.69, 9.17) is 5.73 Å². The third-order valence-corrected chi connectivity index (χ3v) is 3.20. The minimum Gasteiger partial charge on any atom is -0.378 e. The summed E-state index contributed by atoms with van der Waals surface area (Å²) in [6.45, 7) is 2.10. The Kier molecular flexibility index (Phi) is 4.34. The van der Waals surface area contributed by atoms with Crippen molar-refractivity contribution in [2.75, 3.05) is 30.7 Å². The van der Waals surface area contributed by atoms with E-state index in [0.717, 1.165) is 25.9 Å². The monoisotopic (exact) mass is 279 g/mol. The fraction of sp³-hybridized carbons (Fsp3) is 0.500. The first-order valence-electron chi connectivity index (χ1n) is 6.50. The lowest BCUT2D eigenvalue weighted by Crippen LogP contribution is -2.29. The minimum atomic E-state index is -0.580. The standard InChI is InChI=1S/C12H17N5O3/c13-12-9(17(19)20)3-4-10(15-12)14-6-5-11(18)16-7-1-2-8-16/h3-4H,1-2,5-8H2,(H3,13,14,15). The van der Waals surface area contributed by atoms with Crippen molar-refractivity contribution in [3.8, 4) is 0 Å². The zero-order valence-corrected chi connectivity index (χ0v) is 11.0. The van der Waals surface area contributed by atoms with Gasteiger partial charge >= 0.3 is 5.69 Å². The fourth-order valence-electron chi connectivity index (χ4n) is 2.14. The molecule has 0 radical (unpaired) electrons. The van der Waals surface area contributed by atoms with Gasteiger partial charge in [0.15, 0.2) is 0 Å². The second-order valence-corrected chi connectivity index (χ2v) is 4.62. The van der Waals surface area contributed by atoms with Crippen molar-refractivity contribution in [3.05, 3.63) is 22.2 Å². The van der Waals surface area contributed by atoms with Gasteiger partial charge in [-0.1, -0.05) is 0 Å². The van der Waals surface area contributed by atoms with Crippen LogP contribution < -0.4 is 11.1 Å². The van der Waals surface area contributed by atoms with E-state index in [1.807, 2.05) is 4.90 Å². The summed E-state index contributed by atoms with van der Waals surface area (Å²) in [5.41, 5.74) is 5.27. The average Bonchev–Trinajstić information content (AvgIpc) is 2.92. The first kappa shape index (κ1) is 14.0. The van der Waals surface area contributed by atoms with Crippen LogP contribution in [0.4, 0.5) is 17.3 Å². The Labute approximate surface area is 116 Å². The maximum atomic E-state index is 11.8. The van der Waals surface area contributed by atoms with Crippen molar-refractivity contribution in [1.29, 1.82) is 0 Å². The van der Waals surface area contributed by atoms with Crippen molar-refractivity contribution < 1.29 is 9.72 Å². The molecule has 1 saturated heterocycles. The Morgan fingerprint density at radius 2 is 2.15 bits per heavy atom. The Hall–Kier alpha value is -2.38. The first-order chi connectivity index (χ1) is 9.58. The second-order valence-electron chi connectivity index (χ2n) is 4.62. The number of nitro groups is 1. The van der Waals surface area contributed by atoms with Crippen LogP contribution in [-0.4, -0.2) is 40.3 Å². The molecule has 1 aromatic rings. The van der Waals surface area contributed by atoms with Gasteiger partial charge in [-0.3, -0.25) is 14.9 Å². The van der Waals surface area contributed by atoms with Gasteiger partial charge in [-0.25, -0.2) is 4.98 Å². The smallest absolute Gasteiger partial charge is 0.311 e. The molecule has 0 aliphatic carbocycles. The summed E-state index contributed by atoms with van der Waals surface area (Å²) in [6, 6.07) is 2.78. The Balaban J connectivity index is 1.83. The summed E-state index contributed by atoms with van der Waals surface area (Å²) in [5, 5.41) is 13.5. The van der Waals surface area contributed by atoms with Crippen LogP contribution in [0.2, 0.25) is 0 Å². The van der Waals surface area contributed by atoms with Crippen LogP contribution in [0.25, 0.3) is 0 Å². The maximum Gasteiger partial charge on any atom is 0.311 e. The number of amides is 1. The molecule has 2 rings (SSSR count). The van der Waals surface area contributed by atoms with Crippen molar-refractivity contribution >= 4 is 23.2 Å². The van der Waals surface area contributed by atoms with Crippen molar-refractivity contribution in [1.82, 2.24) is 9.88 Å². The lowest BCUT2D eigenvalue weighted by molar-refractivity contribution is -0.384. The van der Waals surface area contributed by atoms with E-state index >= 15 is 0 Å². The number of pyridine rings is 1. The number of nitrogens with two attached hydrogens (primary N) is 1. The van der Waals surface area contributed by atoms with Crippen LogP contribution in [0.1, 0.15) is 19.3 Å². The number of likely N-dealkylation sites (tertiary alicyclic amines) is 1. The molecule has 0 saturated carbocycles. The van der Waals surface area contributed by atoms with Gasteiger partial charge in [-0.2, -0.15) is 0 Å². The number of rotatable bonds is 5. The molecule has 1 aromatic heterocycles. The molecular formula is C12H17N5O3. The number of nitrogens with one attached hydrogen (secondary N) is 1. The Morgan fingerprint density at radius 3 is 2.75 bits per heavy atom. The number of aromatic nitrogens is 1. The molecule has 1 amide bonds. The van der Waals surface area contributed by atoms with Gasteiger partial charge in [0.05, 0.1) is 4.92 Å². The van der Waals surface area contributed by atoms with Crippen LogP contribution in [0.3, 0.4) is 0 Å². The number of carbonyl (C=O) groups is 1. The van der Waals surface area contributed by atoms with Gasteiger partial charge in [0.25, 0.3) is 0 Å². The molecule has 0 spiro atoms. The molecule has 8 nitrogen and oxygen atoms in total. The van der Waals surface area contributed by atoms with Crippen LogP contribution in [0, 0.1) is 10.1 Å². The van der Waals surface area contributed by atoms with E-state index in [1.165, 1.54) is 12.1 Å². The van der Waals surface area contributed by atoms with Gasteiger partial charge in [0, 0.05) is 32.1 Å². The molecule has 3 N–H and O–H groups in total. The summed E-state index contributed by atoms with van der Waals surface area (Å²) < 4.78 is 0. The highest BCUT2D eigenvalue weighted by molar-refractivity contribution is 5.77. The molecule has 1 aliphatic rings. The minimum absolute atomic E-state index is 0.116. The zero-order chi connectivity index (χ0) is 14.5. The quantitative estimate of drug-likeness (QED) is 0.613. The molecule has 20 heavy (non-hydrogen) atoms. The van der Waals surface area contributed by atoms with Gasteiger partial charge in [0.2, 0.25) is 11.7 Å². The van der Waals surface area contributed by atoms with E-state index < -0.39 is 4.92 Å². The lowest BCUT2D eigenvalue weighted by atomic mass is 10.3. The highest BCUT2D eigenvalue weighted by Gasteiger charge is 2.17. The fourth-order valence-corrected chi connectivity index (χ4v) is 2.14. The molecule has 0 atom stereocenters. The zero-order valence-electron chi connectivity index (χ0n) is 11.0. The molecule has 2 heterocycles. The normalized spacial score (nSPS) is 14.3. The number of nitrogen functional groups attached to an aromatic ring is 1.